The lowest BCUT2D eigenvalue weighted by molar-refractivity contribution is -0.0132. The summed E-state index contributed by atoms with van der Waals surface area (Å²) in [5.74, 6) is 0. The predicted octanol–water partition coefficient (Wildman–Crippen LogP) is 1.83. The number of rotatable bonds is 5. The molecule has 2 saturated carbocycles. The molecule has 2 aliphatic carbocycles. The molecule has 3 aliphatic rings. The van der Waals surface area contributed by atoms with Gasteiger partial charge in [-0.2, -0.15) is 10.4 Å². The molecule has 1 saturated heterocycles. The molecular weight excluding hydrogens is 458 g/mol. The van der Waals surface area contributed by atoms with Gasteiger partial charge in [0.05, 0.1) is 42.1 Å². The first-order chi connectivity index (χ1) is 17.6. The molecule has 0 spiro atoms. The average Bonchev–Trinajstić information content (AvgIpc) is 3.63. The van der Waals surface area contributed by atoms with Crippen molar-refractivity contribution in [1.82, 2.24) is 39.8 Å². The molecule has 36 heavy (non-hydrogen) atoms. The minimum Gasteiger partial charge on any atom is -0.391 e. The molecule has 6 rings (SSSR count). The van der Waals surface area contributed by atoms with E-state index in [1.165, 1.54) is 0 Å². The Morgan fingerprint density at radius 2 is 2.08 bits per heavy atom. The van der Waals surface area contributed by atoms with E-state index >= 15 is 0 Å². The summed E-state index contributed by atoms with van der Waals surface area (Å²) in [6, 6.07) is 4.51. The molecule has 0 radical (unpaired) electrons. The third-order valence-electron chi connectivity index (χ3n) is 8.24. The molecule has 188 valence electrons. The summed E-state index contributed by atoms with van der Waals surface area (Å²) in [7, 11) is 0. The van der Waals surface area contributed by atoms with Crippen molar-refractivity contribution in [2.75, 3.05) is 26.2 Å². The Balaban J connectivity index is 1.09. The second kappa shape index (κ2) is 9.19. The molecule has 4 heterocycles. The monoisotopic (exact) mass is 489 g/mol. The Bertz CT molecular complexity index is 1280. The number of nitrogens with zero attached hydrogens (tertiary/aromatic N) is 7. The quantitative estimate of drug-likeness (QED) is 0.497. The molecule has 3 aromatic heterocycles. The summed E-state index contributed by atoms with van der Waals surface area (Å²) in [5, 5.41) is 28.2. The Hall–Kier alpha value is -3.49. The number of H-pyrrole nitrogens is 1. The van der Waals surface area contributed by atoms with Crippen molar-refractivity contribution in [3.8, 4) is 17.3 Å². The van der Waals surface area contributed by atoms with Gasteiger partial charge in [-0.05, 0) is 38.2 Å². The fourth-order valence-electron chi connectivity index (χ4n) is 6.09. The van der Waals surface area contributed by atoms with Gasteiger partial charge in [0, 0.05) is 55.6 Å². The average molecular weight is 490 g/mol. The third kappa shape index (κ3) is 4.00. The molecule has 2 atom stereocenters. The first-order valence-corrected chi connectivity index (χ1v) is 12.7. The number of carbonyl (C=O) groups is 1. The maximum Gasteiger partial charge on any atom is 0.317 e. The number of aliphatic hydroxyl groups excluding tert-OH is 1. The largest absolute Gasteiger partial charge is 0.391 e. The number of aromatic amines is 1. The van der Waals surface area contributed by atoms with Crippen molar-refractivity contribution in [3.05, 3.63) is 31.0 Å². The highest BCUT2D eigenvalue weighted by molar-refractivity contribution is 5.90. The van der Waals surface area contributed by atoms with E-state index in [1.807, 2.05) is 34.2 Å². The Morgan fingerprint density at radius 3 is 2.83 bits per heavy atom. The van der Waals surface area contributed by atoms with Gasteiger partial charge in [0.25, 0.3) is 0 Å². The molecule has 1 aliphatic heterocycles. The molecule has 11 heteroatoms. The van der Waals surface area contributed by atoms with Gasteiger partial charge in [-0.3, -0.25) is 9.58 Å². The van der Waals surface area contributed by atoms with Crippen LogP contribution in [0.4, 0.5) is 4.79 Å². The highest BCUT2D eigenvalue weighted by Crippen LogP contribution is 2.45. The first kappa shape index (κ1) is 22.9. The van der Waals surface area contributed by atoms with Gasteiger partial charge < -0.3 is 20.3 Å². The van der Waals surface area contributed by atoms with Crippen LogP contribution in [0.2, 0.25) is 0 Å². The van der Waals surface area contributed by atoms with Gasteiger partial charge in [0.2, 0.25) is 0 Å². The Morgan fingerprint density at radius 1 is 1.25 bits per heavy atom. The number of nitriles is 1. The van der Waals surface area contributed by atoms with Crippen molar-refractivity contribution in [2.24, 2.45) is 0 Å². The van der Waals surface area contributed by atoms with E-state index in [1.54, 1.807) is 6.33 Å². The molecule has 3 N–H and O–H groups in total. The smallest absolute Gasteiger partial charge is 0.317 e. The number of carbonyl (C=O) groups excluding carboxylic acids is 1. The zero-order chi connectivity index (χ0) is 24.7. The second-order valence-electron chi connectivity index (χ2n) is 10.3. The number of fused-ring (bicyclic) bond motifs is 1. The molecule has 0 aromatic carbocycles. The van der Waals surface area contributed by atoms with E-state index in [0.717, 1.165) is 67.5 Å². The Labute approximate surface area is 209 Å². The predicted molar refractivity (Wildman–Crippen MR) is 132 cm³/mol. The van der Waals surface area contributed by atoms with E-state index in [9.17, 15) is 15.2 Å². The lowest BCUT2D eigenvalue weighted by Gasteiger charge is -2.52. The normalized spacial score (nSPS) is 28.7. The number of aromatic nitrogens is 5. The van der Waals surface area contributed by atoms with Crippen LogP contribution in [-0.4, -0.2) is 90.0 Å². The summed E-state index contributed by atoms with van der Waals surface area (Å²) in [5.41, 5.74) is 2.20. The van der Waals surface area contributed by atoms with Crippen molar-refractivity contribution in [1.29, 1.82) is 5.26 Å². The van der Waals surface area contributed by atoms with Gasteiger partial charge in [-0.15, -0.1) is 0 Å². The Kier molecular flexibility index (Phi) is 5.85. The zero-order valence-corrected chi connectivity index (χ0v) is 20.2. The van der Waals surface area contributed by atoms with Crippen LogP contribution in [0.5, 0.6) is 0 Å². The minimum atomic E-state index is -0.426. The fraction of sp³-hybridized carbons (Fsp3) is 0.560. The summed E-state index contributed by atoms with van der Waals surface area (Å²) in [6.07, 6.45) is 11.5. The molecule has 3 aromatic rings. The zero-order valence-electron chi connectivity index (χ0n) is 20.2. The number of amides is 2. The number of urea groups is 1. The second-order valence-corrected chi connectivity index (χ2v) is 10.3. The van der Waals surface area contributed by atoms with Crippen LogP contribution >= 0.6 is 0 Å². The van der Waals surface area contributed by atoms with E-state index < -0.39 is 6.10 Å². The van der Waals surface area contributed by atoms with Crippen LogP contribution < -0.4 is 5.32 Å². The van der Waals surface area contributed by atoms with E-state index in [2.05, 4.69) is 36.3 Å². The van der Waals surface area contributed by atoms with Gasteiger partial charge in [0.1, 0.15) is 12.0 Å². The highest BCUT2D eigenvalue weighted by atomic mass is 16.3. The highest BCUT2D eigenvalue weighted by Gasteiger charge is 2.49. The number of hydrogen-bond donors (Lipinski definition) is 3. The van der Waals surface area contributed by atoms with Gasteiger partial charge in [0.15, 0.2) is 0 Å². The van der Waals surface area contributed by atoms with Crippen LogP contribution in [0.1, 0.15) is 38.5 Å². The SMILES string of the molecule is N#CCC1(n2cc(-c3ncnc4[nH]ccc34)cn2)CC(N2CCN(C(=O)NC3CCCC3O)CC2)C1. The summed E-state index contributed by atoms with van der Waals surface area (Å²) in [6.45, 7) is 2.96. The number of nitrogens with one attached hydrogen (secondary N) is 2. The molecular formula is C25H31N9O2. The molecule has 11 nitrogen and oxygen atoms in total. The molecule has 2 amide bonds. The first-order valence-electron chi connectivity index (χ1n) is 12.7. The van der Waals surface area contributed by atoms with Gasteiger partial charge in [-0.1, -0.05) is 0 Å². The number of piperazine rings is 1. The molecule has 3 fully saturated rings. The van der Waals surface area contributed by atoms with Crippen LogP contribution in [0.3, 0.4) is 0 Å². The molecule has 0 bridgehead atoms. The fourth-order valence-corrected chi connectivity index (χ4v) is 6.09. The van der Waals surface area contributed by atoms with Crippen molar-refractivity contribution < 1.29 is 9.90 Å². The summed E-state index contributed by atoms with van der Waals surface area (Å²) in [4.78, 5) is 28.8. The van der Waals surface area contributed by atoms with E-state index in [-0.39, 0.29) is 17.6 Å². The maximum atomic E-state index is 12.6. The van der Waals surface area contributed by atoms with Gasteiger partial charge >= 0.3 is 6.03 Å². The van der Waals surface area contributed by atoms with E-state index in [0.29, 0.717) is 25.6 Å². The molecule has 2 unspecified atom stereocenters. The van der Waals surface area contributed by atoms with E-state index in [4.69, 9.17) is 0 Å². The van der Waals surface area contributed by atoms with Crippen molar-refractivity contribution >= 4 is 17.1 Å². The topological polar surface area (TPSA) is 139 Å². The minimum absolute atomic E-state index is 0.0710. The van der Waals surface area contributed by atoms with Crippen LogP contribution in [0, 0.1) is 11.3 Å². The summed E-state index contributed by atoms with van der Waals surface area (Å²) >= 11 is 0. The number of hydrogen-bond acceptors (Lipinski definition) is 7. The van der Waals surface area contributed by atoms with Crippen molar-refractivity contribution in [2.45, 2.75) is 62.3 Å². The lowest BCUT2D eigenvalue weighted by atomic mass is 9.70. The van der Waals surface area contributed by atoms with Gasteiger partial charge in [-0.25, -0.2) is 14.8 Å². The maximum absolute atomic E-state index is 12.6. The van der Waals surface area contributed by atoms with Crippen LogP contribution in [0.15, 0.2) is 31.0 Å². The third-order valence-corrected chi connectivity index (χ3v) is 8.24. The standard InChI is InChI=1S/C25H31N9O2/c26-6-5-25(34-15-17(14-30-34)22-19-4-7-27-23(19)29-16-28-22)12-18(13-25)32-8-10-33(11-9-32)24(36)31-20-2-1-3-21(20)35/h4,7,14-16,18,20-21,35H,1-3,5,8-13H2,(H,31,36)(H,27,28,29). The van der Waals surface area contributed by atoms with Crippen molar-refractivity contribution in [3.63, 3.8) is 0 Å². The van der Waals surface area contributed by atoms with Crippen LogP contribution in [0.25, 0.3) is 22.3 Å². The van der Waals surface area contributed by atoms with Crippen LogP contribution in [-0.2, 0) is 5.54 Å². The number of aliphatic hydroxyl groups is 1. The lowest BCUT2D eigenvalue weighted by Crippen LogP contribution is -2.61. The summed E-state index contributed by atoms with van der Waals surface area (Å²) < 4.78 is 1.96.